The summed E-state index contributed by atoms with van der Waals surface area (Å²) in [6.07, 6.45) is -0.187. The Labute approximate surface area is 95.5 Å². The molecule has 0 amide bonds. The zero-order valence-electron chi connectivity index (χ0n) is 8.67. The molecule has 0 aliphatic carbocycles. The predicted molar refractivity (Wildman–Crippen MR) is 52.4 cm³/mol. The van der Waals surface area contributed by atoms with Gasteiger partial charge in [-0.05, 0) is 6.07 Å². The lowest BCUT2D eigenvalue weighted by molar-refractivity contribution is -0.616. The van der Waals surface area contributed by atoms with Crippen LogP contribution in [0.1, 0.15) is 12.1 Å². The molecular weight excluding hydrogens is 233 g/mol. The SMILES string of the molecule is O=C(O)C[C@@H](Cc1ccc(F)c[n+]1[O-])C(=O)O. The minimum atomic E-state index is -1.31. The Bertz CT molecular complexity index is 448. The van der Waals surface area contributed by atoms with Crippen molar-refractivity contribution in [3.05, 3.63) is 35.0 Å². The summed E-state index contributed by atoms with van der Waals surface area (Å²) in [5, 5.41) is 28.5. The van der Waals surface area contributed by atoms with Crippen LogP contribution in [0.15, 0.2) is 18.3 Å². The van der Waals surface area contributed by atoms with Crippen LogP contribution < -0.4 is 4.73 Å². The second kappa shape index (κ2) is 5.24. The van der Waals surface area contributed by atoms with E-state index in [0.717, 1.165) is 12.1 Å². The van der Waals surface area contributed by atoms with Crippen LogP contribution in [0.25, 0.3) is 0 Å². The highest BCUT2D eigenvalue weighted by molar-refractivity contribution is 5.77. The number of aromatic nitrogens is 1. The van der Waals surface area contributed by atoms with E-state index < -0.39 is 30.1 Å². The highest BCUT2D eigenvalue weighted by atomic mass is 19.1. The minimum Gasteiger partial charge on any atom is -0.618 e. The summed E-state index contributed by atoms with van der Waals surface area (Å²) >= 11 is 0. The van der Waals surface area contributed by atoms with Crippen LogP contribution in [-0.4, -0.2) is 22.2 Å². The topological polar surface area (TPSA) is 102 Å². The molecule has 17 heavy (non-hydrogen) atoms. The van der Waals surface area contributed by atoms with E-state index >= 15 is 0 Å². The lowest BCUT2D eigenvalue weighted by Crippen LogP contribution is -2.34. The van der Waals surface area contributed by atoms with Gasteiger partial charge in [-0.3, -0.25) is 9.59 Å². The fourth-order valence-electron chi connectivity index (χ4n) is 1.36. The van der Waals surface area contributed by atoms with Crippen molar-refractivity contribution in [2.45, 2.75) is 12.8 Å². The normalized spacial score (nSPS) is 12.1. The van der Waals surface area contributed by atoms with Crippen molar-refractivity contribution >= 4 is 11.9 Å². The Morgan fingerprint density at radius 3 is 2.53 bits per heavy atom. The van der Waals surface area contributed by atoms with E-state index in [2.05, 4.69) is 0 Å². The third-order valence-electron chi connectivity index (χ3n) is 2.18. The molecule has 1 aromatic heterocycles. The summed E-state index contributed by atoms with van der Waals surface area (Å²) < 4.78 is 12.8. The van der Waals surface area contributed by atoms with Crippen LogP contribution in [0.2, 0.25) is 0 Å². The summed E-state index contributed by atoms with van der Waals surface area (Å²) in [5.41, 5.74) is 0.0139. The third kappa shape index (κ3) is 3.71. The lowest BCUT2D eigenvalue weighted by atomic mass is 9.99. The summed E-state index contributed by atoms with van der Waals surface area (Å²) in [7, 11) is 0. The molecule has 0 fully saturated rings. The van der Waals surface area contributed by atoms with Gasteiger partial charge >= 0.3 is 11.9 Å². The maximum Gasteiger partial charge on any atom is 0.307 e. The number of hydrogen-bond donors (Lipinski definition) is 2. The molecule has 0 saturated heterocycles. The van der Waals surface area contributed by atoms with Crippen molar-refractivity contribution in [1.82, 2.24) is 0 Å². The Hall–Kier alpha value is -2.18. The molecule has 92 valence electrons. The molecule has 0 bridgehead atoms. The second-order valence-electron chi connectivity index (χ2n) is 3.50. The number of pyridine rings is 1. The van der Waals surface area contributed by atoms with Gasteiger partial charge in [-0.15, -0.1) is 0 Å². The van der Waals surface area contributed by atoms with Crippen molar-refractivity contribution in [3.63, 3.8) is 0 Å². The van der Waals surface area contributed by atoms with Crippen LogP contribution >= 0.6 is 0 Å². The summed E-state index contributed by atoms with van der Waals surface area (Å²) in [4.78, 5) is 21.2. The average Bonchev–Trinajstić information content (AvgIpc) is 2.19. The zero-order valence-corrected chi connectivity index (χ0v) is 8.67. The van der Waals surface area contributed by atoms with Gasteiger partial charge < -0.3 is 15.4 Å². The predicted octanol–water partition coefficient (Wildman–Crippen LogP) is 0.177. The molecule has 0 aliphatic heterocycles. The number of carboxylic acid groups (broad SMARTS) is 2. The quantitative estimate of drug-likeness (QED) is 0.567. The van der Waals surface area contributed by atoms with Crippen LogP contribution in [0.5, 0.6) is 0 Å². The molecule has 0 saturated carbocycles. The van der Waals surface area contributed by atoms with Gasteiger partial charge in [0, 0.05) is 12.5 Å². The molecule has 0 aromatic carbocycles. The van der Waals surface area contributed by atoms with E-state index in [1.165, 1.54) is 0 Å². The van der Waals surface area contributed by atoms with Gasteiger partial charge in [0.05, 0.1) is 12.3 Å². The zero-order chi connectivity index (χ0) is 13.0. The molecular formula is C10H10FNO5. The molecule has 0 aliphatic rings. The molecule has 2 N–H and O–H groups in total. The van der Waals surface area contributed by atoms with E-state index in [0.29, 0.717) is 6.20 Å². The minimum absolute atomic E-state index is 0.0139. The van der Waals surface area contributed by atoms with E-state index in [9.17, 15) is 19.2 Å². The Morgan fingerprint density at radius 1 is 1.41 bits per heavy atom. The van der Waals surface area contributed by atoms with E-state index in [-0.39, 0.29) is 16.8 Å². The largest absolute Gasteiger partial charge is 0.618 e. The van der Waals surface area contributed by atoms with Gasteiger partial charge in [-0.2, -0.15) is 4.73 Å². The number of halogens is 1. The van der Waals surface area contributed by atoms with Gasteiger partial charge in [-0.1, -0.05) is 0 Å². The standard InChI is InChI=1S/C10H10FNO5/c11-7-1-2-8(12(17)5-7)3-6(10(15)16)4-9(13)14/h1-2,5-6H,3-4H2,(H,13,14)(H,15,16)/t6-/m1/s1. The third-order valence-corrected chi connectivity index (χ3v) is 2.18. The molecule has 0 unspecified atom stereocenters. The van der Waals surface area contributed by atoms with Gasteiger partial charge in [0.15, 0.2) is 11.5 Å². The smallest absolute Gasteiger partial charge is 0.307 e. The van der Waals surface area contributed by atoms with Gasteiger partial charge in [0.1, 0.15) is 0 Å². The first kappa shape index (κ1) is 12.9. The first-order valence-electron chi connectivity index (χ1n) is 4.72. The van der Waals surface area contributed by atoms with Gasteiger partial charge in [0.2, 0.25) is 6.20 Å². The average molecular weight is 243 g/mol. The van der Waals surface area contributed by atoms with E-state index in [4.69, 9.17) is 10.2 Å². The summed E-state index contributed by atoms with van der Waals surface area (Å²) in [5.74, 6) is -4.53. The summed E-state index contributed by atoms with van der Waals surface area (Å²) in [6.45, 7) is 0. The number of aliphatic carboxylic acids is 2. The first-order chi connectivity index (χ1) is 7.90. The van der Waals surface area contributed by atoms with Crippen LogP contribution in [0.4, 0.5) is 4.39 Å². The molecule has 7 heteroatoms. The molecule has 0 radical (unpaired) electrons. The van der Waals surface area contributed by atoms with Crippen LogP contribution in [0.3, 0.4) is 0 Å². The lowest BCUT2D eigenvalue weighted by Gasteiger charge is -2.09. The first-order valence-corrected chi connectivity index (χ1v) is 4.72. The fourth-order valence-corrected chi connectivity index (χ4v) is 1.36. The van der Waals surface area contributed by atoms with Gasteiger partial charge in [0.25, 0.3) is 0 Å². The second-order valence-corrected chi connectivity index (χ2v) is 3.50. The molecule has 1 rings (SSSR count). The molecule has 1 aromatic rings. The van der Waals surface area contributed by atoms with Crippen molar-refractivity contribution < 1.29 is 28.9 Å². The number of nitrogens with zero attached hydrogens (tertiary/aromatic N) is 1. The fraction of sp³-hybridized carbons (Fsp3) is 0.300. The molecule has 1 heterocycles. The van der Waals surface area contributed by atoms with Gasteiger partial charge in [-0.25, -0.2) is 4.39 Å². The number of rotatable bonds is 5. The van der Waals surface area contributed by atoms with Crippen molar-refractivity contribution in [3.8, 4) is 0 Å². The van der Waals surface area contributed by atoms with Crippen molar-refractivity contribution in [2.24, 2.45) is 5.92 Å². The summed E-state index contributed by atoms with van der Waals surface area (Å²) in [6, 6.07) is 2.16. The van der Waals surface area contributed by atoms with Crippen molar-refractivity contribution in [2.75, 3.05) is 0 Å². The number of hydrogen-bond acceptors (Lipinski definition) is 3. The highest BCUT2D eigenvalue weighted by Crippen LogP contribution is 2.10. The number of carbonyl (C=O) groups is 2. The van der Waals surface area contributed by atoms with E-state index in [1.54, 1.807) is 0 Å². The van der Waals surface area contributed by atoms with Crippen LogP contribution in [0, 0.1) is 16.9 Å². The maximum atomic E-state index is 12.6. The van der Waals surface area contributed by atoms with E-state index in [1.807, 2.05) is 0 Å². The van der Waals surface area contributed by atoms with Crippen molar-refractivity contribution in [1.29, 1.82) is 0 Å². The molecule has 6 nitrogen and oxygen atoms in total. The molecule has 0 spiro atoms. The number of carboxylic acids is 2. The monoisotopic (exact) mass is 243 g/mol. The Kier molecular flexibility index (Phi) is 3.97. The maximum absolute atomic E-state index is 12.6. The molecule has 1 atom stereocenters. The highest BCUT2D eigenvalue weighted by Gasteiger charge is 2.24. The van der Waals surface area contributed by atoms with Crippen LogP contribution in [-0.2, 0) is 16.0 Å². The Balaban J connectivity index is 2.86. The Morgan fingerprint density at radius 2 is 2.06 bits per heavy atom.